The fourth-order valence-electron chi connectivity index (χ4n) is 7.03. The van der Waals surface area contributed by atoms with Gasteiger partial charge >= 0.3 is 0 Å². The van der Waals surface area contributed by atoms with Crippen molar-refractivity contribution in [3.05, 3.63) is 100 Å². The first-order chi connectivity index (χ1) is 19.2. The van der Waals surface area contributed by atoms with Crippen molar-refractivity contribution in [3.63, 3.8) is 0 Å². The van der Waals surface area contributed by atoms with Crippen molar-refractivity contribution in [1.29, 1.82) is 0 Å². The molecule has 1 spiro atoms. The number of imide groups is 1. The summed E-state index contributed by atoms with van der Waals surface area (Å²) in [6.45, 7) is 5.66. The molecule has 0 bridgehead atoms. The lowest BCUT2D eigenvalue weighted by atomic mass is 9.75. The molecule has 0 aliphatic carbocycles. The molecule has 8 nitrogen and oxygen atoms in total. The Morgan fingerprint density at radius 1 is 0.950 bits per heavy atom. The summed E-state index contributed by atoms with van der Waals surface area (Å²) in [6.07, 6.45) is 0.666. The Morgan fingerprint density at radius 2 is 1.65 bits per heavy atom. The van der Waals surface area contributed by atoms with Crippen LogP contribution in [-0.2, 0) is 15.1 Å². The van der Waals surface area contributed by atoms with Gasteiger partial charge < -0.3 is 0 Å². The predicted molar refractivity (Wildman–Crippen MR) is 150 cm³/mol. The van der Waals surface area contributed by atoms with Gasteiger partial charge in [-0.2, -0.15) is 0 Å². The number of carbonyl (C=O) groups is 3. The summed E-state index contributed by atoms with van der Waals surface area (Å²) in [4.78, 5) is 60.6. The van der Waals surface area contributed by atoms with E-state index in [9.17, 15) is 19.2 Å². The SMILES string of the molecule is CC(=O)c1ccc(N2C(=O)[C@H]3[C@@H](CC(C)C)N[C@@]4(c5ccccc5-n5c4nc4ccccc4c5=O)[C@H]3C2=O)cc1. The molecule has 7 rings (SSSR count). The topological polar surface area (TPSA) is 101 Å². The van der Waals surface area contributed by atoms with Gasteiger partial charge in [0.05, 0.1) is 34.1 Å². The van der Waals surface area contributed by atoms with E-state index in [4.69, 9.17) is 4.98 Å². The van der Waals surface area contributed by atoms with Gasteiger partial charge in [0.2, 0.25) is 11.8 Å². The van der Waals surface area contributed by atoms with Gasteiger partial charge in [0.25, 0.3) is 5.56 Å². The van der Waals surface area contributed by atoms with Gasteiger partial charge in [-0.25, -0.2) is 9.88 Å². The first kappa shape index (κ1) is 24.6. The molecule has 0 unspecified atom stereocenters. The molecule has 4 atom stereocenters. The summed E-state index contributed by atoms with van der Waals surface area (Å²) in [5, 5.41) is 4.22. The van der Waals surface area contributed by atoms with Gasteiger partial charge in [-0.3, -0.25) is 29.1 Å². The van der Waals surface area contributed by atoms with Crippen LogP contribution in [0.25, 0.3) is 16.6 Å². The normalized spacial score (nSPS) is 24.7. The molecule has 200 valence electrons. The Kier molecular flexibility index (Phi) is 5.25. The molecule has 0 saturated carbocycles. The second kappa shape index (κ2) is 8.53. The van der Waals surface area contributed by atoms with E-state index in [1.54, 1.807) is 41.0 Å². The Balaban J connectivity index is 1.48. The van der Waals surface area contributed by atoms with Crippen molar-refractivity contribution in [1.82, 2.24) is 14.9 Å². The molecule has 2 amide bonds. The fourth-order valence-corrected chi connectivity index (χ4v) is 7.03. The standard InChI is InChI=1S/C32H28N4O4/c1-17(2)16-24-26-27(30(40)35(29(26)39)20-14-12-19(13-15-20)18(3)37)32(34-24)22-9-5-7-11-25(22)36-28(38)21-8-4-6-10-23(21)33-31(32)36/h4-15,17,24,26-27,34H,16H2,1-3H3/t24-,26+,27-,32+/m1/s1. The highest BCUT2D eigenvalue weighted by molar-refractivity contribution is 6.23. The molecule has 4 aromatic rings. The molecule has 40 heavy (non-hydrogen) atoms. The van der Waals surface area contributed by atoms with Gasteiger partial charge in [-0.1, -0.05) is 44.2 Å². The second-order valence-corrected chi connectivity index (χ2v) is 11.4. The van der Waals surface area contributed by atoms with Crippen LogP contribution in [0.3, 0.4) is 0 Å². The van der Waals surface area contributed by atoms with E-state index in [1.165, 1.54) is 11.8 Å². The van der Waals surface area contributed by atoms with Crippen molar-refractivity contribution in [3.8, 4) is 5.69 Å². The van der Waals surface area contributed by atoms with Crippen LogP contribution in [-0.4, -0.2) is 33.2 Å². The number of nitrogens with one attached hydrogen (secondary N) is 1. The van der Waals surface area contributed by atoms with Crippen molar-refractivity contribution in [2.24, 2.45) is 17.8 Å². The summed E-state index contributed by atoms with van der Waals surface area (Å²) < 4.78 is 1.61. The number of carbonyl (C=O) groups excluding carboxylic acids is 3. The third-order valence-corrected chi connectivity index (χ3v) is 8.62. The largest absolute Gasteiger partial charge is 0.297 e. The maximum Gasteiger partial charge on any atom is 0.266 e. The van der Waals surface area contributed by atoms with E-state index in [0.717, 1.165) is 5.56 Å². The summed E-state index contributed by atoms with van der Waals surface area (Å²) in [6, 6.07) is 21.0. The van der Waals surface area contributed by atoms with Crippen LogP contribution in [0.2, 0.25) is 0 Å². The number of nitrogens with zero attached hydrogens (tertiary/aromatic N) is 3. The third kappa shape index (κ3) is 3.14. The molecule has 1 aromatic heterocycles. The lowest BCUT2D eigenvalue weighted by molar-refractivity contribution is -0.123. The quantitative estimate of drug-likeness (QED) is 0.315. The van der Waals surface area contributed by atoms with E-state index < -0.39 is 17.4 Å². The zero-order valence-electron chi connectivity index (χ0n) is 22.4. The van der Waals surface area contributed by atoms with Gasteiger partial charge in [0.1, 0.15) is 11.4 Å². The van der Waals surface area contributed by atoms with Crippen LogP contribution >= 0.6 is 0 Å². The number of ketones is 1. The monoisotopic (exact) mass is 532 g/mol. The zero-order valence-corrected chi connectivity index (χ0v) is 22.4. The number of aromatic nitrogens is 2. The first-order valence-electron chi connectivity index (χ1n) is 13.6. The molecule has 0 radical (unpaired) electrons. The van der Waals surface area contributed by atoms with Crippen LogP contribution < -0.4 is 15.8 Å². The molecule has 3 aliphatic heterocycles. The van der Waals surface area contributed by atoms with E-state index in [0.29, 0.717) is 40.1 Å². The van der Waals surface area contributed by atoms with Gasteiger partial charge in [0.15, 0.2) is 5.78 Å². The van der Waals surface area contributed by atoms with Crippen molar-refractivity contribution < 1.29 is 14.4 Å². The third-order valence-electron chi connectivity index (χ3n) is 8.62. The van der Waals surface area contributed by atoms with E-state index in [1.807, 2.05) is 36.4 Å². The number of hydrogen-bond acceptors (Lipinski definition) is 6. The minimum atomic E-state index is -1.16. The average Bonchev–Trinajstić information content (AvgIpc) is 3.51. The predicted octanol–water partition coefficient (Wildman–Crippen LogP) is 3.97. The number of anilines is 1. The van der Waals surface area contributed by atoms with E-state index in [2.05, 4.69) is 19.2 Å². The van der Waals surface area contributed by atoms with Gasteiger partial charge in [-0.15, -0.1) is 0 Å². The number of rotatable bonds is 4. The van der Waals surface area contributed by atoms with Crippen LogP contribution in [0, 0.1) is 17.8 Å². The van der Waals surface area contributed by atoms with Gasteiger partial charge in [0, 0.05) is 17.2 Å². The molecular formula is C32H28N4O4. The second-order valence-electron chi connectivity index (χ2n) is 11.4. The molecule has 8 heteroatoms. The molecular weight excluding hydrogens is 504 g/mol. The number of Topliss-reactive ketones (excluding diaryl/α,β-unsaturated/α-hetero) is 1. The summed E-state index contributed by atoms with van der Waals surface area (Å²) in [5.74, 6) is -1.47. The smallest absolute Gasteiger partial charge is 0.266 e. The molecule has 3 aliphatic rings. The minimum absolute atomic E-state index is 0.0921. The Morgan fingerprint density at radius 3 is 2.38 bits per heavy atom. The van der Waals surface area contributed by atoms with Crippen molar-refractivity contribution >= 4 is 34.2 Å². The average molecular weight is 533 g/mol. The van der Waals surface area contributed by atoms with Crippen LogP contribution in [0.1, 0.15) is 48.9 Å². The highest BCUT2D eigenvalue weighted by Crippen LogP contribution is 2.56. The van der Waals surface area contributed by atoms with Crippen LogP contribution in [0.4, 0.5) is 5.69 Å². The summed E-state index contributed by atoms with van der Waals surface area (Å²) in [5.41, 5.74) is 1.56. The molecule has 1 N–H and O–H groups in total. The van der Waals surface area contributed by atoms with Gasteiger partial charge in [-0.05, 0) is 61.7 Å². The number of fused-ring (bicyclic) bond motifs is 8. The maximum absolute atomic E-state index is 14.5. The molecule has 2 fully saturated rings. The molecule has 3 aromatic carbocycles. The van der Waals surface area contributed by atoms with Crippen molar-refractivity contribution in [2.45, 2.75) is 38.8 Å². The number of hydrogen-bond donors (Lipinski definition) is 1. The highest BCUT2D eigenvalue weighted by Gasteiger charge is 2.69. The number of para-hydroxylation sites is 2. The Bertz CT molecular complexity index is 1810. The fraction of sp³-hybridized carbons (Fsp3) is 0.281. The lowest BCUT2D eigenvalue weighted by Crippen LogP contribution is -2.50. The minimum Gasteiger partial charge on any atom is -0.297 e. The Labute approximate surface area is 230 Å². The molecule has 2 saturated heterocycles. The van der Waals surface area contributed by atoms with Crippen molar-refractivity contribution in [2.75, 3.05) is 4.90 Å². The Hall–Kier alpha value is -4.43. The maximum atomic E-state index is 14.5. The van der Waals surface area contributed by atoms with Crippen LogP contribution in [0.15, 0.2) is 77.6 Å². The zero-order chi connectivity index (χ0) is 27.9. The highest BCUT2D eigenvalue weighted by atomic mass is 16.2. The molecule has 4 heterocycles. The number of benzene rings is 3. The summed E-state index contributed by atoms with van der Waals surface area (Å²) >= 11 is 0. The first-order valence-corrected chi connectivity index (χ1v) is 13.6. The summed E-state index contributed by atoms with van der Waals surface area (Å²) in [7, 11) is 0. The van der Waals surface area contributed by atoms with E-state index >= 15 is 0 Å². The number of amides is 2. The van der Waals surface area contributed by atoms with E-state index in [-0.39, 0.29) is 35.1 Å². The van der Waals surface area contributed by atoms with Crippen LogP contribution in [0.5, 0.6) is 0 Å². The lowest BCUT2D eigenvalue weighted by Gasteiger charge is -2.32.